The van der Waals surface area contributed by atoms with Crippen LogP contribution in [0.5, 0.6) is 0 Å². The second-order valence-corrected chi connectivity index (χ2v) is 11.2. The number of carbonyl (C=O) groups excluding carboxylic acids is 3. The number of carbonyl (C=O) groups is 3. The molecule has 3 unspecified atom stereocenters. The van der Waals surface area contributed by atoms with Gasteiger partial charge in [0.15, 0.2) is 11.7 Å². The van der Waals surface area contributed by atoms with E-state index in [4.69, 9.17) is 9.47 Å². The second kappa shape index (κ2) is 8.46. The maximum absolute atomic E-state index is 12.2. The van der Waals surface area contributed by atoms with Crippen molar-refractivity contribution >= 4 is 17.7 Å². The van der Waals surface area contributed by atoms with E-state index < -0.39 is 17.9 Å². The topological polar surface area (TPSA) is 69.7 Å². The summed E-state index contributed by atoms with van der Waals surface area (Å²) in [4.78, 5) is 36.5. The van der Waals surface area contributed by atoms with E-state index in [1.54, 1.807) is 0 Å². The van der Waals surface area contributed by atoms with Crippen LogP contribution in [0.1, 0.15) is 65.7 Å². The van der Waals surface area contributed by atoms with E-state index in [-0.39, 0.29) is 22.5 Å². The van der Waals surface area contributed by atoms with Crippen molar-refractivity contribution in [1.29, 1.82) is 0 Å². The molecule has 0 spiro atoms. The lowest BCUT2D eigenvalue weighted by Gasteiger charge is -2.56. The molecule has 4 aliphatic rings. The number of hydrogen-bond acceptors (Lipinski definition) is 5. The Morgan fingerprint density at radius 1 is 1.06 bits per heavy atom. The number of allylic oxidation sites excluding steroid dienone is 4. The summed E-state index contributed by atoms with van der Waals surface area (Å²) in [5.74, 6) is 0.863. The zero-order valence-electron chi connectivity index (χ0n) is 20.2. The minimum Gasteiger partial charge on any atom is -0.468 e. The van der Waals surface area contributed by atoms with Crippen molar-refractivity contribution in [3.05, 3.63) is 23.8 Å². The van der Waals surface area contributed by atoms with Gasteiger partial charge in [-0.25, -0.2) is 0 Å². The van der Waals surface area contributed by atoms with Crippen LogP contribution >= 0.6 is 0 Å². The van der Waals surface area contributed by atoms with Gasteiger partial charge in [-0.05, 0) is 90.6 Å². The van der Waals surface area contributed by atoms with E-state index >= 15 is 0 Å². The Bertz CT molecular complexity index is 840. The lowest BCUT2D eigenvalue weighted by atomic mass is 9.48. The lowest BCUT2D eigenvalue weighted by Crippen LogP contribution is -2.49. The highest BCUT2D eigenvalue weighted by Crippen LogP contribution is 2.66. The molecular weight excluding hydrogens is 404 g/mol. The first-order chi connectivity index (χ1) is 15.2. The molecule has 0 bridgehead atoms. The molecule has 2 fully saturated rings. The van der Waals surface area contributed by atoms with E-state index in [0.717, 1.165) is 12.8 Å². The molecule has 0 aromatic rings. The van der Waals surface area contributed by atoms with Crippen LogP contribution in [-0.2, 0) is 23.9 Å². The molecule has 0 radical (unpaired) electrons. The number of ketones is 1. The van der Waals surface area contributed by atoms with Crippen molar-refractivity contribution in [1.82, 2.24) is 0 Å². The predicted molar refractivity (Wildman–Crippen MR) is 121 cm³/mol. The summed E-state index contributed by atoms with van der Waals surface area (Å²) in [6.07, 6.45) is 13.3. The number of fused-ring (bicyclic) bond motifs is 5. The summed E-state index contributed by atoms with van der Waals surface area (Å²) in [6.45, 7) is 7.01. The van der Waals surface area contributed by atoms with E-state index in [0.29, 0.717) is 36.5 Å². The van der Waals surface area contributed by atoms with Crippen molar-refractivity contribution in [2.45, 2.75) is 65.7 Å². The smallest absolute Gasteiger partial charge is 0.320 e. The average molecular weight is 443 g/mol. The summed E-state index contributed by atoms with van der Waals surface area (Å²) < 4.78 is 9.78. The fourth-order valence-electron chi connectivity index (χ4n) is 8.08. The van der Waals surface area contributed by atoms with Crippen molar-refractivity contribution in [2.24, 2.45) is 46.3 Å². The average Bonchev–Trinajstić information content (AvgIpc) is 3.14. The summed E-state index contributed by atoms with van der Waals surface area (Å²) in [5, 5.41) is 0. The van der Waals surface area contributed by atoms with Gasteiger partial charge in [-0.2, -0.15) is 0 Å². The number of esters is 2. The Hall–Kier alpha value is -1.91. The molecule has 0 N–H and O–H groups in total. The molecule has 0 saturated heterocycles. The lowest BCUT2D eigenvalue weighted by molar-refractivity contribution is -0.160. The number of rotatable bonds is 5. The second-order valence-electron chi connectivity index (χ2n) is 11.2. The highest BCUT2D eigenvalue weighted by molar-refractivity contribution is 5.94. The Balaban J connectivity index is 1.56. The van der Waals surface area contributed by atoms with Crippen LogP contribution in [0, 0.1) is 46.3 Å². The predicted octanol–water partition coefficient (Wildman–Crippen LogP) is 4.90. The van der Waals surface area contributed by atoms with Gasteiger partial charge in [-0.3, -0.25) is 14.4 Å². The normalized spacial score (nSPS) is 38.9. The van der Waals surface area contributed by atoms with Crippen LogP contribution in [0.2, 0.25) is 0 Å². The number of hydrogen-bond donors (Lipinski definition) is 0. The molecule has 5 nitrogen and oxygen atoms in total. The molecule has 0 aromatic carbocycles. The van der Waals surface area contributed by atoms with Crippen LogP contribution in [-0.4, -0.2) is 31.9 Å². The van der Waals surface area contributed by atoms with Crippen LogP contribution in [0.3, 0.4) is 0 Å². The zero-order valence-corrected chi connectivity index (χ0v) is 20.2. The van der Waals surface area contributed by atoms with Crippen LogP contribution in [0.25, 0.3) is 0 Å². The molecule has 0 amide bonds. The first-order valence-corrected chi connectivity index (χ1v) is 12.2. The van der Waals surface area contributed by atoms with Gasteiger partial charge >= 0.3 is 11.9 Å². The third-order valence-corrected chi connectivity index (χ3v) is 9.85. The van der Waals surface area contributed by atoms with Crippen molar-refractivity contribution in [2.75, 3.05) is 14.2 Å². The largest absolute Gasteiger partial charge is 0.468 e. The van der Waals surface area contributed by atoms with Crippen molar-refractivity contribution < 1.29 is 23.9 Å². The minimum absolute atomic E-state index is 0.110. The van der Waals surface area contributed by atoms with E-state index in [1.165, 1.54) is 39.1 Å². The SMILES string of the molecule is COC(=O)C(C[C@@H](C)[C@H]1CCC2C3C=CC4=CC(=O)CC[C@]4(C)C3CC[C@@]21C)C(=O)OC. The molecule has 32 heavy (non-hydrogen) atoms. The summed E-state index contributed by atoms with van der Waals surface area (Å²) >= 11 is 0. The molecule has 0 heterocycles. The molecule has 4 aliphatic carbocycles. The van der Waals surface area contributed by atoms with Crippen LogP contribution in [0.4, 0.5) is 0 Å². The van der Waals surface area contributed by atoms with Gasteiger partial charge in [-0.15, -0.1) is 0 Å². The van der Waals surface area contributed by atoms with Gasteiger partial charge in [-0.1, -0.05) is 32.9 Å². The fourth-order valence-corrected chi connectivity index (χ4v) is 8.08. The molecule has 2 saturated carbocycles. The highest BCUT2D eigenvalue weighted by atomic mass is 16.5. The summed E-state index contributed by atoms with van der Waals surface area (Å²) in [6, 6.07) is 0. The monoisotopic (exact) mass is 442 g/mol. The van der Waals surface area contributed by atoms with E-state index in [1.807, 2.05) is 6.08 Å². The summed E-state index contributed by atoms with van der Waals surface area (Å²) in [7, 11) is 2.66. The third kappa shape index (κ3) is 3.56. The molecule has 7 atom stereocenters. The zero-order chi connectivity index (χ0) is 23.3. The maximum Gasteiger partial charge on any atom is 0.320 e. The Labute approximate surface area is 192 Å². The van der Waals surface area contributed by atoms with Crippen molar-refractivity contribution in [3.8, 4) is 0 Å². The number of methoxy groups -OCH3 is 2. The van der Waals surface area contributed by atoms with Crippen LogP contribution in [0.15, 0.2) is 23.8 Å². The molecule has 176 valence electrons. The first kappa shape index (κ1) is 23.3. The maximum atomic E-state index is 12.2. The van der Waals surface area contributed by atoms with Gasteiger partial charge in [0, 0.05) is 6.42 Å². The first-order valence-electron chi connectivity index (χ1n) is 12.2. The number of ether oxygens (including phenoxy) is 2. The van der Waals surface area contributed by atoms with E-state index in [9.17, 15) is 14.4 Å². The third-order valence-electron chi connectivity index (χ3n) is 9.85. The molecule has 0 aromatic heterocycles. The standard InChI is InChI=1S/C27H38O5/c1-16(14-20(24(29)31-4)25(30)32-5)21-8-9-22-19-7-6-17-15-18(28)10-12-26(17,2)23(19)11-13-27(21,22)3/h6-7,15-16,19-23H,8-14H2,1-5H3/t16-,19?,21-,22?,23?,26+,27-/m1/s1. The van der Waals surface area contributed by atoms with Crippen molar-refractivity contribution in [3.63, 3.8) is 0 Å². The fraction of sp³-hybridized carbons (Fsp3) is 0.741. The highest BCUT2D eigenvalue weighted by Gasteiger charge is 2.58. The Morgan fingerprint density at radius 2 is 1.75 bits per heavy atom. The molecular formula is C27H38O5. The minimum atomic E-state index is -0.847. The summed E-state index contributed by atoms with van der Waals surface area (Å²) in [5.41, 5.74) is 1.55. The quantitative estimate of drug-likeness (QED) is 0.447. The molecule has 0 aliphatic heterocycles. The van der Waals surface area contributed by atoms with Gasteiger partial charge < -0.3 is 9.47 Å². The van der Waals surface area contributed by atoms with Crippen LogP contribution < -0.4 is 0 Å². The Morgan fingerprint density at radius 3 is 2.41 bits per heavy atom. The Kier molecular flexibility index (Phi) is 6.15. The van der Waals surface area contributed by atoms with Gasteiger partial charge in [0.2, 0.25) is 0 Å². The van der Waals surface area contributed by atoms with Gasteiger partial charge in [0.05, 0.1) is 14.2 Å². The van der Waals surface area contributed by atoms with E-state index in [2.05, 4.69) is 32.9 Å². The molecule has 5 heteroatoms. The van der Waals surface area contributed by atoms with Gasteiger partial charge in [0.25, 0.3) is 0 Å². The van der Waals surface area contributed by atoms with Gasteiger partial charge in [0.1, 0.15) is 0 Å². The molecule has 4 rings (SSSR count).